The second-order valence-corrected chi connectivity index (χ2v) is 6.67. The highest BCUT2D eigenvalue weighted by atomic mass is 32.2. The zero-order valence-electron chi connectivity index (χ0n) is 13.8. The van der Waals surface area contributed by atoms with E-state index in [9.17, 15) is 13.8 Å². The molecule has 0 saturated heterocycles. The van der Waals surface area contributed by atoms with Gasteiger partial charge in [0.1, 0.15) is 6.10 Å². The third-order valence-electron chi connectivity index (χ3n) is 3.57. The average Bonchev–Trinajstić information content (AvgIpc) is 2.62. The SMILES string of the molecule is C/C(=C\[S@](=O)c1ccccc1)[C@H](C)OC(=O)c1ccccc1C(=O)O. The molecule has 0 heterocycles. The highest BCUT2D eigenvalue weighted by molar-refractivity contribution is 7.88. The topological polar surface area (TPSA) is 80.7 Å². The first-order chi connectivity index (χ1) is 11.9. The molecule has 2 atom stereocenters. The summed E-state index contributed by atoms with van der Waals surface area (Å²) < 4.78 is 17.6. The van der Waals surface area contributed by atoms with Crippen molar-refractivity contribution in [2.24, 2.45) is 0 Å². The molecule has 0 spiro atoms. The van der Waals surface area contributed by atoms with E-state index in [1.54, 1.807) is 44.2 Å². The van der Waals surface area contributed by atoms with Crippen LogP contribution in [-0.4, -0.2) is 27.4 Å². The molecule has 0 aromatic heterocycles. The van der Waals surface area contributed by atoms with Crippen molar-refractivity contribution in [1.82, 2.24) is 0 Å². The highest BCUT2D eigenvalue weighted by Gasteiger charge is 2.20. The molecule has 0 fully saturated rings. The standard InChI is InChI=1S/C19H18O5S/c1-13(12-25(23)15-8-4-3-5-9-15)14(2)24-19(22)17-11-7-6-10-16(17)18(20)21/h3-12,14H,1-2H3,(H,20,21)/b13-12+/t14-,25-/m0/s1. The van der Waals surface area contributed by atoms with Crippen LogP contribution in [0.15, 0.2) is 70.5 Å². The van der Waals surface area contributed by atoms with Gasteiger partial charge in [-0.15, -0.1) is 0 Å². The Labute approximate surface area is 148 Å². The Bertz CT molecular complexity index is 827. The minimum absolute atomic E-state index is 0.0150. The first kappa shape index (κ1) is 18.6. The first-order valence-electron chi connectivity index (χ1n) is 7.57. The third kappa shape index (κ3) is 4.87. The second kappa shape index (κ2) is 8.39. The summed E-state index contributed by atoms with van der Waals surface area (Å²) in [5.74, 6) is -1.93. The molecule has 0 unspecified atom stereocenters. The maximum atomic E-state index is 12.3. The predicted octanol–water partition coefficient (Wildman–Crippen LogP) is 3.64. The molecule has 5 nitrogen and oxygen atoms in total. The van der Waals surface area contributed by atoms with E-state index in [1.807, 2.05) is 6.07 Å². The van der Waals surface area contributed by atoms with Crippen LogP contribution < -0.4 is 0 Å². The van der Waals surface area contributed by atoms with Crippen LogP contribution in [0, 0.1) is 0 Å². The van der Waals surface area contributed by atoms with E-state index in [4.69, 9.17) is 9.84 Å². The number of ether oxygens (including phenoxy) is 1. The maximum absolute atomic E-state index is 12.3. The Kier molecular flexibility index (Phi) is 6.25. The molecule has 0 aliphatic carbocycles. The number of carbonyl (C=O) groups is 2. The van der Waals surface area contributed by atoms with Gasteiger partial charge in [-0.3, -0.25) is 0 Å². The molecule has 6 heteroatoms. The van der Waals surface area contributed by atoms with Crippen molar-refractivity contribution in [2.75, 3.05) is 0 Å². The summed E-state index contributed by atoms with van der Waals surface area (Å²) >= 11 is 0. The molecule has 0 bridgehead atoms. The molecule has 2 aromatic carbocycles. The second-order valence-electron chi connectivity index (χ2n) is 5.37. The molecule has 2 aromatic rings. The van der Waals surface area contributed by atoms with Crippen molar-refractivity contribution in [1.29, 1.82) is 0 Å². The maximum Gasteiger partial charge on any atom is 0.339 e. The number of carboxylic acids is 1. The molecule has 130 valence electrons. The van der Waals surface area contributed by atoms with Crippen molar-refractivity contribution in [3.8, 4) is 0 Å². The lowest BCUT2D eigenvalue weighted by Crippen LogP contribution is -2.19. The summed E-state index contributed by atoms with van der Waals surface area (Å²) in [6, 6.07) is 14.8. The number of hydrogen-bond acceptors (Lipinski definition) is 4. The van der Waals surface area contributed by atoms with Crippen molar-refractivity contribution in [2.45, 2.75) is 24.8 Å². The van der Waals surface area contributed by atoms with Crippen LogP contribution in [0.3, 0.4) is 0 Å². The van der Waals surface area contributed by atoms with E-state index in [-0.39, 0.29) is 11.1 Å². The number of esters is 1. The average molecular weight is 358 g/mol. The molecule has 0 aliphatic heterocycles. The lowest BCUT2D eigenvalue weighted by atomic mass is 10.1. The Balaban J connectivity index is 2.12. The van der Waals surface area contributed by atoms with Crippen molar-refractivity contribution >= 4 is 22.7 Å². The van der Waals surface area contributed by atoms with Gasteiger partial charge in [0.25, 0.3) is 0 Å². The minimum atomic E-state index is -1.35. The summed E-state index contributed by atoms with van der Waals surface area (Å²) in [5.41, 5.74) is 0.483. The number of hydrogen-bond donors (Lipinski definition) is 1. The van der Waals surface area contributed by atoms with E-state index in [0.29, 0.717) is 10.5 Å². The minimum Gasteiger partial charge on any atom is -0.478 e. The molecule has 2 rings (SSSR count). The number of aromatic carboxylic acids is 1. The van der Waals surface area contributed by atoms with Gasteiger partial charge in [0.15, 0.2) is 0 Å². The molecule has 1 N–H and O–H groups in total. The molecule has 0 amide bonds. The van der Waals surface area contributed by atoms with Crippen LogP contribution in [0.4, 0.5) is 0 Å². The van der Waals surface area contributed by atoms with Crippen molar-refractivity contribution in [3.63, 3.8) is 0 Å². The van der Waals surface area contributed by atoms with Gasteiger partial charge in [-0.2, -0.15) is 0 Å². The summed E-state index contributed by atoms with van der Waals surface area (Å²) in [7, 11) is -1.35. The first-order valence-corrected chi connectivity index (χ1v) is 8.78. The van der Waals surface area contributed by atoms with Gasteiger partial charge in [0.2, 0.25) is 0 Å². The van der Waals surface area contributed by atoms with Crippen molar-refractivity contribution in [3.05, 3.63) is 76.7 Å². The lowest BCUT2D eigenvalue weighted by Gasteiger charge is -2.15. The molecule has 25 heavy (non-hydrogen) atoms. The number of rotatable bonds is 6. The van der Waals surface area contributed by atoms with Crippen LogP contribution in [0.25, 0.3) is 0 Å². The van der Waals surface area contributed by atoms with Gasteiger partial charge in [-0.05, 0) is 43.7 Å². The largest absolute Gasteiger partial charge is 0.478 e. The number of benzene rings is 2. The molecule has 0 aliphatic rings. The fourth-order valence-corrected chi connectivity index (χ4v) is 3.14. The fourth-order valence-electron chi connectivity index (χ4n) is 2.05. The highest BCUT2D eigenvalue weighted by Crippen LogP contribution is 2.16. The predicted molar refractivity (Wildman–Crippen MR) is 94.9 cm³/mol. The van der Waals surface area contributed by atoms with Crippen molar-refractivity contribution < 1.29 is 23.6 Å². The monoisotopic (exact) mass is 358 g/mol. The smallest absolute Gasteiger partial charge is 0.339 e. The van der Waals surface area contributed by atoms with E-state index in [1.165, 1.54) is 23.6 Å². The van der Waals surface area contributed by atoms with E-state index >= 15 is 0 Å². The van der Waals surface area contributed by atoms with Crippen LogP contribution in [0.2, 0.25) is 0 Å². The Morgan fingerprint density at radius 3 is 2.20 bits per heavy atom. The van der Waals surface area contributed by atoms with Crippen LogP contribution in [0.5, 0.6) is 0 Å². The molecule has 0 radical (unpaired) electrons. The lowest BCUT2D eigenvalue weighted by molar-refractivity contribution is 0.0399. The normalized spacial score (nSPS) is 13.8. The van der Waals surface area contributed by atoms with Crippen LogP contribution in [0.1, 0.15) is 34.6 Å². The quantitative estimate of drug-likeness (QED) is 0.798. The van der Waals surface area contributed by atoms with Crippen LogP contribution >= 0.6 is 0 Å². The zero-order chi connectivity index (χ0) is 18.4. The van der Waals surface area contributed by atoms with E-state index < -0.39 is 28.8 Å². The van der Waals surface area contributed by atoms with E-state index in [2.05, 4.69) is 0 Å². The summed E-state index contributed by atoms with van der Waals surface area (Å²) in [5, 5.41) is 10.7. The van der Waals surface area contributed by atoms with Gasteiger partial charge >= 0.3 is 11.9 Å². The Hall–Kier alpha value is -2.73. The number of carbonyl (C=O) groups excluding carboxylic acids is 1. The van der Waals surface area contributed by atoms with Gasteiger partial charge in [-0.1, -0.05) is 30.3 Å². The van der Waals surface area contributed by atoms with E-state index in [0.717, 1.165) is 0 Å². The third-order valence-corrected chi connectivity index (χ3v) is 4.89. The molecular weight excluding hydrogens is 340 g/mol. The fraction of sp³-hybridized carbons (Fsp3) is 0.158. The van der Waals surface area contributed by atoms with Gasteiger partial charge in [0.05, 0.1) is 21.9 Å². The molecule has 0 saturated carbocycles. The van der Waals surface area contributed by atoms with Crippen LogP contribution in [-0.2, 0) is 15.5 Å². The molecular formula is C19H18O5S. The zero-order valence-corrected chi connectivity index (χ0v) is 14.7. The summed E-state index contributed by atoms with van der Waals surface area (Å²) in [6.45, 7) is 3.36. The Morgan fingerprint density at radius 1 is 1.04 bits per heavy atom. The van der Waals surface area contributed by atoms with Gasteiger partial charge < -0.3 is 9.84 Å². The summed E-state index contributed by atoms with van der Waals surface area (Å²) in [6.07, 6.45) is -0.637. The summed E-state index contributed by atoms with van der Waals surface area (Å²) in [4.78, 5) is 24.1. The Morgan fingerprint density at radius 2 is 1.60 bits per heavy atom. The number of carboxylic acid groups (broad SMARTS) is 1. The van der Waals surface area contributed by atoms with Gasteiger partial charge in [-0.25, -0.2) is 13.8 Å². The van der Waals surface area contributed by atoms with Gasteiger partial charge in [0, 0.05) is 10.3 Å².